The Kier molecular flexibility index (Phi) is 6.53. The number of thiazole rings is 1. The van der Waals surface area contributed by atoms with Crippen molar-refractivity contribution in [2.24, 2.45) is 11.0 Å². The van der Waals surface area contributed by atoms with Crippen molar-refractivity contribution >= 4 is 22.7 Å². The topological polar surface area (TPSA) is 46.5 Å². The fraction of sp³-hybridized carbons (Fsp3) is 0.474. The molecule has 0 atom stereocenters. The average molecular weight is 361 g/mol. The number of nitrogens with one attached hydrogen (secondary N) is 1. The zero-order valence-electron chi connectivity index (χ0n) is 14.5. The first-order valence-corrected chi connectivity index (χ1v) is 9.66. The summed E-state index contributed by atoms with van der Waals surface area (Å²) in [6, 6.07) is 4.70. The molecule has 1 aliphatic rings. The van der Waals surface area contributed by atoms with Gasteiger partial charge in [0, 0.05) is 17.6 Å². The Morgan fingerprint density at radius 2 is 2.20 bits per heavy atom. The lowest BCUT2D eigenvalue weighted by molar-refractivity contribution is 0.0737. The fourth-order valence-corrected chi connectivity index (χ4v) is 3.71. The summed E-state index contributed by atoms with van der Waals surface area (Å²) >= 11 is 1.50. The Bertz CT molecular complexity index is 710. The largest absolute Gasteiger partial charge is 0.376 e. The first kappa shape index (κ1) is 18.0. The van der Waals surface area contributed by atoms with Crippen LogP contribution in [0.2, 0.25) is 0 Å². The third-order valence-corrected chi connectivity index (χ3v) is 5.29. The van der Waals surface area contributed by atoms with Crippen molar-refractivity contribution in [1.82, 2.24) is 4.98 Å². The first-order valence-electron chi connectivity index (χ1n) is 8.78. The van der Waals surface area contributed by atoms with Crippen LogP contribution in [-0.4, -0.2) is 17.8 Å². The lowest BCUT2D eigenvalue weighted by atomic mass is 9.90. The maximum atomic E-state index is 13.6. The standard InChI is InChI=1S/C19H24FN3OS/c1-14-13-25-19(22-14)23-21-10-16-7-8-18(20)9-17(16)12-24-11-15-5-3-2-4-6-15/h7-10,13,15H,2-6,11-12H2,1H3,(H,22,23). The van der Waals surface area contributed by atoms with Crippen LogP contribution in [0.5, 0.6) is 0 Å². The van der Waals surface area contributed by atoms with E-state index in [1.807, 2.05) is 12.3 Å². The Morgan fingerprint density at radius 1 is 1.36 bits per heavy atom. The Hall–Kier alpha value is -1.79. The minimum atomic E-state index is -0.253. The van der Waals surface area contributed by atoms with Gasteiger partial charge in [0.15, 0.2) is 0 Å². The number of rotatable bonds is 7. The van der Waals surface area contributed by atoms with Crippen molar-refractivity contribution in [3.05, 3.63) is 46.2 Å². The van der Waals surface area contributed by atoms with E-state index in [1.54, 1.807) is 12.3 Å². The summed E-state index contributed by atoms with van der Waals surface area (Å²) in [5.41, 5.74) is 5.53. The smallest absolute Gasteiger partial charge is 0.203 e. The first-order chi connectivity index (χ1) is 12.2. The SMILES string of the molecule is Cc1csc(NN=Cc2ccc(F)cc2COCC2CCCCC2)n1. The van der Waals surface area contributed by atoms with Crippen LogP contribution in [0.4, 0.5) is 9.52 Å². The third kappa shape index (κ3) is 5.61. The summed E-state index contributed by atoms with van der Waals surface area (Å²) in [4.78, 5) is 4.29. The highest BCUT2D eigenvalue weighted by Gasteiger charge is 2.13. The third-order valence-electron chi connectivity index (χ3n) is 4.42. The van der Waals surface area contributed by atoms with E-state index in [4.69, 9.17) is 4.74 Å². The lowest BCUT2D eigenvalue weighted by Crippen LogP contribution is -2.13. The van der Waals surface area contributed by atoms with E-state index in [-0.39, 0.29) is 5.82 Å². The van der Waals surface area contributed by atoms with Crippen LogP contribution in [0.25, 0.3) is 0 Å². The van der Waals surface area contributed by atoms with Crippen LogP contribution >= 0.6 is 11.3 Å². The summed E-state index contributed by atoms with van der Waals surface area (Å²) in [5, 5.41) is 6.91. The number of anilines is 1. The minimum Gasteiger partial charge on any atom is -0.376 e. The molecule has 1 saturated carbocycles. The van der Waals surface area contributed by atoms with Crippen molar-refractivity contribution in [2.45, 2.75) is 45.6 Å². The highest BCUT2D eigenvalue weighted by Crippen LogP contribution is 2.24. The molecule has 6 heteroatoms. The number of aromatic nitrogens is 1. The molecule has 1 fully saturated rings. The van der Waals surface area contributed by atoms with E-state index < -0.39 is 0 Å². The molecule has 1 N–H and O–H groups in total. The molecule has 2 aromatic rings. The van der Waals surface area contributed by atoms with Gasteiger partial charge in [-0.3, -0.25) is 5.43 Å². The van der Waals surface area contributed by atoms with Crippen LogP contribution in [0.1, 0.15) is 48.9 Å². The van der Waals surface area contributed by atoms with Gasteiger partial charge in [0.05, 0.1) is 18.5 Å². The van der Waals surface area contributed by atoms with Crippen molar-refractivity contribution in [1.29, 1.82) is 0 Å². The Labute approximate surface area is 152 Å². The molecule has 0 bridgehead atoms. The number of nitrogens with zero attached hydrogens (tertiary/aromatic N) is 2. The van der Waals surface area contributed by atoms with Gasteiger partial charge in [0.1, 0.15) is 5.82 Å². The molecule has 3 rings (SSSR count). The van der Waals surface area contributed by atoms with Crippen molar-refractivity contribution in [3.63, 3.8) is 0 Å². The number of hydrogen-bond donors (Lipinski definition) is 1. The molecule has 134 valence electrons. The molecule has 1 heterocycles. The highest BCUT2D eigenvalue weighted by atomic mass is 32.1. The van der Waals surface area contributed by atoms with E-state index in [9.17, 15) is 4.39 Å². The van der Waals surface area contributed by atoms with Gasteiger partial charge in [0.2, 0.25) is 5.13 Å². The second kappa shape index (κ2) is 9.06. The van der Waals surface area contributed by atoms with Gasteiger partial charge in [-0.1, -0.05) is 25.3 Å². The number of ether oxygens (including phenoxy) is 1. The predicted molar refractivity (Wildman–Crippen MR) is 101 cm³/mol. The summed E-state index contributed by atoms with van der Waals surface area (Å²) in [6.07, 6.45) is 8.12. The van der Waals surface area contributed by atoms with E-state index in [0.29, 0.717) is 12.5 Å². The normalized spacial score (nSPS) is 15.8. The second-order valence-electron chi connectivity index (χ2n) is 6.53. The van der Waals surface area contributed by atoms with Gasteiger partial charge in [-0.25, -0.2) is 9.37 Å². The summed E-state index contributed by atoms with van der Waals surface area (Å²) < 4.78 is 19.5. The van der Waals surface area contributed by atoms with Crippen LogP contribution < -0.4 is 5.43 Å². The molecule has 1 aromatic heterocycles. The summed E-state index contributed by atoms with van der Waals surface area (Å²) in [7, 11) is 0. The second-order valence-corrected chi connectivity index (χ2v) is 7.38. The average Bonchev–Trinajstić information content (AvgIpc) is 3.03. The van der Waals surface area contributed by atoms with Gasteiger partial charge in [-0.15, -0.1) is 11.3 Å². The predicted octanol–water partition coefficient (Wildman–Crippen LogP) is 5.13. The number of benzene rings is 1. The molecule has 0 amide bonds. The van der Waals surface area contributed by atoms with E-state index in [0.717, 1.165) is 28.6 Å². The van der Waals surface area contributed by atoms with Crippen LogP contribution in [0.15, 0.2) is 28.7 Å². The van der Waals surface area contributed by atoms with Crippen LogP contribution in [0, 0.1) is 18.7 Å². The summed E-state index contributed by atoms with van der Waals surface area (Å²) in [5.74, 6) is 0.395. The maximum absolute atomic E-state index is 13.6. The molecule has 0 spiro atoms. The Balaban J connectivity index is 1.57. The number of halogens is 1. The zero-order chi connectivity index (χ0) is 17.5. The van der Waals surface area contributed by atoms with Gasteiger partial charge in [0.25, 0.3) is 0 Å². The van der Waals surface area contributed by atoms with Crippen molar-refractivity contribution in [3.8, 4) is 0 Å². The molecular formula is C19H24FN3OS. The number of hydrogen-bond acceptors (Lipinski definition) is 5. The minimum absolute atomic E-state index is 0.253. The summed E-state index contributed by atoms with van der Waals surface area (Å²) in [6.45, 7) is 3.10. The monoisotopic (exact) mass is 361 g/mol. The van der Waals surface area contributed by atoms with Gasteiger partial charge >= 0.3 is 0 Å². The van der Waals surface area contributed by atoms with E-state index >= 15 is 0 Å². The number of aryl methyl sites for hydroxylation is 1. The van der Waals surface area contributed by atoms with Crippen LogP contribution in [-0.2, 0) is 11.3 Å². The van der Waals surface area contributed by atoms with Gasteiger partial charge < -0.3 is 4.74 Å². The molecule has 1 aliphatic carbocycles. The molecule has 0 aliphatic heterocycles. The molecule has 0 radical (unpaired) electrons. The van der Waals surface area contributed by atoms with Crippen molar-refractivity contribution < 1.29 is 9.13 Å². The highest BCUT2D eigenvalue weighted by molar-refractivity contribution is 7.13. The molecule has 1 aromatic carbocycles. The Morgan fingerprint density at radius 3 is 2.96 bits per heavy atom. The lowest BCUT2D eigenvalue weighted by Gasteiger charge is -2.21. The van der Waals surface area contributed by atoms with E-state index in [1.165, 1.54) is 55.6 Å². The van der Waals surface area contributed by atoms with Crippen LogP contribution in [0.3, 0.4) is 0 Å². The van der Waals surface area contributed by atoms with Crippen molar-refractivity contribution in [2.75, 3.05) is 12.0 Å². The van der Waals surface area contributed by atoms with Gasteiger partial charge in [-0.2, -0.15) is 5.10 Å². The molecule has 25 heavy (non-hydrogen) atoms. The fourth-order valence-electron chi connectivity index (χ4n) is 3.08. The molecule has 0 unspecified atom stereocenters. The molecule has 4 nitrogen and oxygen atoms in total. The van der Waals surface area contributed by atoms with Gasteiger partial charge in [-0.05, 0) is 43.4 Å². The zero-order valence-corrected chi connectivity index (χ0v) is 15.3. The van der Waals surface area contributed by atoms with E-state index in [2.05, 4.69) is 15.5 Å². The quantitative estimate of drug-likeness (QED) is 0.549. The molecule has 0 saturated heterocycles. The molecular weight excluding hydrogens is 337 g/mol. The maximum Gasteiger partial charge on any atom is 0.203 e. The number of hydrazone groups is 1.